The fourth-order valence-electron chi connectivity index (χ4n) is 1.92. The molecule has 0 bridgehead atoms. The molecule has 7 nitrogen and oxygen atoms in total. The first-order chi connectivity index (χ1) is 13.1. The van der Waals surface area contributed by atoms with Crippen LogP contribution in [0.25, 0.3) is 0 Å². The summed E-state index contributed by atoms with van der Waals surface area (Å²) in [5.41, 5.74) is 0. The highest BCUT2D eigenvalue weighted by Gasteiger charge is 2.30. The normalized spacial score (nSPS) is 16.5. The summed E-state index contributed by atoms with van der Waals surface area (Å²) in [6.07, 6.45) is 2.93. The molecule has 1 rings (SSSR count). The molecule has 0 radical (unpaired) electrons. The van der Waals surface area contributed by atoms with Crippen molar-refractivity contribution in [3.05, 3.63) is 29.3 Å². The number of rotatable bonds is 11. The predicted octanol–water partition coefficient (Wildman–Crippen LogP) is 2.90. The van der Waals surface area contributed by atoms with E-state index in [1.807, 2.05) is 0 Å². The molecule has 0 aromatic heterocycles. The third kappa shape index (κ3) is 8.46. The summed E-state index contributed by atoms with van der Waals surface area (Å²) in [6, 6.07) is 5.71. The number of aliphatic hydroxyl groups is 1. The number of benzene rings is 1. The number of hydrogen-bond donors (Lipinski definition) is 2. The summed E-state index contributed by atoms with van der Waals surface area (Å²) in [4.78, 5) is 12.1. The van der Waals surface area contributed by atoms with E-state index in [0.29, 0.717) is 10.8 Å². The summed E-state index contributed by atoms with van der Waals surface area (Å²) in [7, 11) is 1.38. The summed E-state index contributed by atoms with van der Waals surface area (Å²) >= 11 is 11.4. The maximum atomic E-state index is 12.1. The fourth-order valence-corrected chi connectivity index (χ4v) is 4.46. The van der Waals surface area contributed by atoms with Crippen LogP contribution in [0.3, 0.4) is 0 Å². The molecular formula is C18H25ClNO6PS. The van der Waals surface area contributed by atoms with Gasteiger partial charge < -0.3 is 23.6 Å². The third-order valence-corrected chi connectivity index (χ3v) is 6.08. The average Bonchev–Trinajstić information content (AvgIpc) is 2.63. The fraction of sp³-hybridized carbons (Fsp3) is 0.500. The molecule has 0 spiro atoms. The molecule has 2 N–H and O–H groups in total. The zero-order valence-electron chi connectivity index (χ0n) is 16.1. The number of carbonyl (C=O) groups excluding carboxylic acids is 1. The standard InChI is InChI=1S/C18H25ClNO6PS/c1-6-16(21)17(23-5)11-24-27(28,20-13(4)18(22)25-12(2)3)26-15-9-7-14(19)8-10-15/h1,7-10,12-13,16-17,21H,11H2,2-5H3,(H,20,28)/t13?,16-,17+,27?/m0/s1. The molecule has 28 heavy (non-hydrogen) atoms. The van der Waals surface area contributed by atoms with E-state index in [2.05, 4.69) is 11.0 Å². The van der Waals surface area contributed by atoms with Crippen molar-refractivity contribution < 1.29 is 28.4 Å². The molecular weight excluding hydrogens is 425 g/mol. The predicted molar refractivity (Wildman–Crippen MR) is 112 cm³/mol. The van der Waals surface area contributed by atoms with E-state index < -0.39 is 30.9 Å². The Labute approximate surface area is 175 Å². The van der Waals surface area contributed by atoms with Crippen molar-refractivity contribution in [2.45, 2.75) is 45.1 Å². The average molecular weight is 450 g/mol. The minimum absolute atomic E-state index is 0.147. The number of hydrogen-bond acceptors (Lipinski definition) is 7. The molecule has 0 aliphatic carbocycles. The molecule has 1 aromatic carbocycles. The number of aliphatic hydroxyl groups excluding tert-OH is 1. The number of ether oxygens (including phenoxy) is 2. The Hall–Kier alpha value is -1.17. The number of halogens is 1. The van der Waals surface area contributed by atoms with E-state index in [1.165, 1.54) is 7.11 Å². The van der Waals surface area contributed by atoms with Crippen LogP contribution in [0, 0.1) is 12.3 Å². The van der Waals surface area contributed by atoms with Crippen molar-refractivity contribution in [3.63, 3.8) is 0 Å². The Morgan fingerprint density at radius 3 is 2.46 bits per heavy atom. The maximum Gasteiger partial charge on any atom is 0.323 e. The Balaban J connectivity index is 2.97. The van der Waals surface area contributed by atoms with Crippen LogP contribution in [-0.2, 0) is 30.6 Å². The van der Waals surface area contributed by atoms with Crippen molar-refractivity contribution in [2.24, 2.45) is 0 Å². The number of carbonyl (C=O) groups is 1. The molecule has 0 aliphatic heterocycles. The maximum absolute atomic E-state index is 12.1. The molecule has 0 aliphatic rings. The van der Waals surface area contributed by atoms with E-state index in [0.717, 1.165) is 0 Å². The highest BCUT2D eigenvalue weighted by atomic mass is 35.5. The van der Waals surface area contributed by atoms with E-state index in [4.69, 9.17) is 48.4 Å². The van der Waals surface area contributed by atoms with Gasteiger partial charge in [-0.25, -0.2) is 5.09 Å². The second-order valence-electron chi connectivity index (χ2n) is 6.06. The van der Waals surface area contributed by atoms with Gasteiger partial charge in [-0.1, -0.05) is 17.5 Å². The highest BCUT2D eigenvalue weighted by molar-refractivity contribution is 8.09. The quantitative estimate of drug-likeness (QED) is 0.303. The van der Waals surface area contributed by atoms with Crippen LogP contribution >= 0.6 is 18.2 Å². The first-order valence-corrected chi connectivity index (χ1v) is 11.5. The van der Waals surface area contributed by atoms with E-state index in [-0.39, 0.29) is 12.7 Å². The smallest absolute Gasteiger partial charge is 0.323 e. The molecule has 0 saturated carbocycles. The Kier molecular flexibility index (Phi) is 10.4. The van der Waals surface area contributed by atoms with E-state index >= 15 is 0 Å². The molecule has 0 amide bonds. The van der Waals surface area contributed by atoms with Gasteiger partial charge in [-0.05, 0) is 56.8 Å². The van der Waals surface area contributed by atoms with Crippen molar-refractivity contribution in [3.8, 4) is 18.1 Å². The van der Waals surface area contributed by atoms with E-state index in [1.54, 1.807) is 45.0 Å². The topological polar surface area (TPSA) is 86.3 Å². The summed E-state index contributed by atoms with van der Waals surface area (Å²) in [6.45, 7) is 1.68. The second kappa shape index (κ2) is 11.7. The molecule has 4 atom stereocenters. The van der Waals surface area contributed by atoms with Gasteiger partial charge in [0.05, 0.1) is 12.7 Å². The molecule has 0 saturated heterocycles. The summed E-state index contributed by atoms with van der Waals surface area (Å²) < 4.78 is 21.9. The lowest BCUT2D eigenvalue weighted by atomic mass is 10.2. The number of terminal acetylenes is 1. The van der Waals surface area contributed by atoms with Crippen molar-refractivity contribution in [1.29, 1.82) is 0 Å². The monoisotopic (exact) mass is 449 g/mol. The van der Waals surface area contributed by atoms with Gasteiger partial charge in [-0.15, -0.1) is 6.42 Å². The van der Waals surface area contributed by atoms with Gasteiger partial charge >= 0.3 is 12.6 Å². The van der Waals surface area contributed by atoms with Gasteiger partial charge in [0.1, 0.15) is 24.0 Å². The van der Waals surface area contributed by atoms with Gasteiger partial charge in [0, 0.05) is 12.1 Å². The summed E-state index contributed by atoms with van der Waals surface area (Å²) in [5, 5.41) is 13.2. The van der Waals surface area contributed by atoms with Gasteiger partial charge in [0.15, 0.2) is 0 Å². The van der Waals surface area contributed by atoms with Gasteiger partial charge in [-0.2, -0.15) is 0 Å². The Bertz CT molecular complexity index is 724. The lowest BCUT2D eigenvalue weighted by molar-refractivity contribution is -0.149. The van der Waals surface area contributed by atoms with Crippen LogP contribution in [-0.4, -0.2) is 49.1 Å². The van der Waals surface area contributed by atoms with E-state index in [9.17, 15) is 9.90 Å². The largest absolute Gasteiger partial charge is 0.462 e. The number of nitrogens with one attached hydrogen (secondary N) is 1. The van der Waals surface area contributed by atoms with Crippen molar-refractivity contribution in [1.82, 2.24) is 5.09 Å². The van der Waals surface area contributed by atoms with Gasteiger partial charge in [-0.3, -0.25) is 4.79 Å². The van der Waals surface area contributed by atoms with Crippen molar-refractivity contribution >= 4 is 36.0 Å². The molecule has 2 unspecified atom stereocenters. The van der Waals surface area contributed by atoms with Crippen LogP contribution in [0.15, 0.2) is 24.3 Å². The molecule has 10 heteroatoms. The molecule has 0 heterocycles. The second-order valence-corrected chi connectivity index (χ2v) is 9.63. The van der Waals surface area contributed by atoms with Crippen LogP contribution < -0.4 is 9.61 Å². The van der Waals surface area contributed by atoms with Gasteiger partial charge in [0.25, 0.3) is 0 Å². The molecule has 1 aromatic rings. The summed E-state index contributed by atoms with van der Waals surface area (Å²) in [5.74, 6) is 2.07. The van der Waals surface area contributed by atoms with Crippen LogP contribution in [0.4, 0.5) is 0 Å². The van der Waals surface area contributed by atoms with Crippen LogP contribution in [0.2, 0.25) is 5.02 Å². The first-order valence-electron chi connectivity index (χ1n) is 8.45. The molecule has 156 valence electrons. The first kappa shape index (κ1) is 24.9. The van der Waals surface area contributed by atoms with Crippen LogP contribution in [0.5, 0.6) is 5.75 Å². The highest BCUT2D eigenvalue weighted by Crippen LogP contribution is 2.45. The number of esters is 1. The lowest BCUT2D eigenvalue weighted by Gasteiger charge is -2.28. The lowest BCUT2D eigenvalue weighted by Crippen LogP contribution is -2.37. The Morgan fingerprint density at radius 2 is 1.96 bits per heavy atom. The third-order valence-electron chi connectivity index (χ3n) is 3.33. The SMILES string of the molecule is C#C[C@H](O)[C@@H](COP(=S)(NC(C)C(=O)OC(C)C)Oc1ccc(Cl)cc1)OC. The molecule has 0 fully saturated rings. The zero-order valence-corrected chi connectivity index (χ0v) is 18.6. The van der Waals surface area contributed by atoms with Crippen molar-refractivity contribution in [2.75, 3.05) is 13.7 Å². The number of methoxy groups -OCH3 is 1. The minimum atomic E-state index is -3.25. The minimum Gasteiger partial charge on any atom is -0.462 e. The zero-order chi connectivity index (χ0) is 21.3. The van der Waals surface area contributed by atoms with Gasteiger partial charge in [0.2, 0.25) is 0 Å². The van der Waals surface area contributed by atoms with Crippen LogP contribution in [0.1, 0.15) is 20.8 Å². The Morgan fingerprint density at radius 1 is 1.36 bits per heavy atom.